The Kier molecular flexibility index (Phi) is 31.9. The number of rotatable bonds is 29. The average Bonchev–Trinajstić information content (AvgIpc) is 3.01. The fourth-order valence-electron chi connectivity index (χ4n) is 5.23. The topological polar surface area (TPSA) is 152 Å². The van der Waals surface area contributed by atoms with Crippen molar-refractivity contribution in [3.05, 3.63) is 0 Å². The maximum Gasteiger partial charge on any atom is 0.222 e. The summed E-state index contributed by atoms with van der Waals surface area (Å²) in [4.78, 5) is 50.7. The van der Waals surface area contributed by atoms with Crippen molar-refractivity contribution in [1.29, 1.82) is 0 Å². The highest BCUT2D eigenvalue weighted by atomic mass is 16.2. The van der Waals surface area contributed by atoms with Gasteiger partial charge in [0.15, 0.2) is 0 Å². The SMILES string of the molecule is CC.CCC(CCCCNC)NC(=O)CCC(CC(C)=O)NC(=O)CC(CCCCNC)NC(=O)CC(CCCCNC)NC. The Morgan fingerprint density at radius 3 is 1.33 bits per heavy atom. The third kappa shape index (κ3) is 27.9. The molecule has 0 aromatic carbocycles. The third-order valence-corrected chi connectivity index (χ3v) is 7.80. The van der Waals surface area contributed by atoms with E-state index in [1.54, 1.807) is 0 Å². The maximum absolute atomic E-state index is 13.1. The minimum Gasteiger partial charge on any atom is -0.353 e. The summed E-state index contributed by atoms with van der Waals surface area (Å²) in [7, 11) is 7.66. The molecule has 4 atom stereocenters. The molecule has 0 rings (SSSR count). The van der Waals surface area contributed by atoms with Crippen molar-refractivity contribution in [3.8, 4) is 0 Å². The Morgan fingerprint density at radius 1 is 0.511 bits per heavy atom. The van der Waals surface area contributed by atoms with Crippen molar-refractivity contribution in [2.75, 3.05) is 47.8 Å². The molecule has 11 heteroatoms. The van der Waals surface area contributed by atoms with Gasteiger partial charge in [0, 0.05) is 49.9 Å². The molecule has 0 aliphatic rings. The van der Waals surface area contributed by atoms with Gasteiger partial charge in [0.05, 0.1) is 0 Å². The molecule has 0 spiro atoms. The largest absolute Gasteiger partial charge is 0.353 e. The van der Waals surface area contributed by atoms with Gasteiger partial charge in [-0.3, -0.25) is 19.2 Å². The Hall–Kier alpha value is -2.08. The molecule has 7 N–H and O–H groups in total. The first-order valence-electron chi connectivity index (χ1n) is 17.7. The van der Waals surface area contributed by atoms with Crippen LogP contribution in [0.3, 0.4) is 0 Å². The molecule has 4 unspecified atom stereocenters. The second-order valence-corrected chi connectivity index (χ2v) is 11.8. The summed E-state index contributed by atoms with van der Waals surface area (Å²) >= 11 is 0. The summed E-state index contributed by atoms with van der Waals surface area (Å²) in [6, 6.07) is -0.491. The van der Waals surface area contributed by atoms with E-state index in [0.29, 0.717) is 19.3 Å². The Labute approximate surface area is 275 Å². The number of unbranched alkanes of at least 4 members (excludes halogenated alkanes) is 3. The van der Waals surface area contributed by atoms with Crippen LogP contribution in [0.4, 0.5) is 0 Å². The molecule has 0 radical (unpaired) electrons. The molecule has 0 heterocycles. The predicted octanol–water partition coefficient (Wildman–Crippen LogP) is 3.17. The first-order valence-corrected chi connectivity index (χ1v) is 17.7. The van der Waals surface area contributed by atoms with E-state index in [1.807, 2.05) is 42.0 Å². The number of Topliss-reactive ketones (excluding diaryl/α,β-unsaturated/α-hetero) is 1. The van der Waals surface area contributed by atoms with E-state index in [4.69, 9.17) is 0 Å². The van der Waals surface area contributed by atoms with Crippen LogP contribution in [-0.2, 0) is 19.2 Å². The van der Waals surface area contributed by atoms with E-state index in [9.17, 15) is 19.2 Å². The fraction of sp³-hybridized carbons (Fsp3) is 0.882. The first kappa shape index (κ1) is 45.0. The van der Waals surface area contributed by atoms with Gasteiger partial charge in [-0.05, 0) is 106 Å². The van der Waals surface area contributed by atoms with Gasteiger partial charge in [0.25, 0.3) is 0 Å². The quantitative estimate of drug-likeness (QED) is 0.0616. The number of carbonyl (C=O) groups is 4. The van der Waals surface area contributed by atoms with Gasteiger partial charge >= 0.3 is 0 Å². The summed E-state index contributed by atoms with van der Waals surface area (Å²) in [5.41, 5.74) is 0. The number of nitrogens with one attached hydrogen (secondary N) is 7. The van der Waals surface area contributed by atoms with Crippen LogP contribution in [0.1, 0.15) is 124 Å². The first-order chi connectivity index (χ1) is 21.7. The summed E-state index contributed by atoms with van der Waals surface area (Å²) < 4.78 is 0. The molecule has 0 fully saturated rings. The summed E-state index contributed by atoms with van der Waals surface area (Å²) in [5, 5.41) is 21.9. The molecule has 266 valence electrons. The van der Waals surface area contributed by atoms with Crippen molar-refractivity contribution in [1.82, 2.24) is 37.2 Å². The molecule has 0 aliphatic heterocycles. The lowest BCUT2D eigenvalue weighted by Crippen LogP contribution is -2.44. The minimum atomic E-state index is -0.418. The van der Waals surface area contributed by atoms with E-state index >= 15 is 0 Å². The van der Waals surface area contributed by atoms with Crippen molar-refractivity contribution in [2.24, 2.45) is 0 Å². The number of hydrogen-bond donors (Lipinski definition) is 7. The lowest BCUT2D eigenvalue weighted by atomic mass is 10.0. The molecule has 3 amide bonds. The van der Waals surface area contributed by atoms with Crippen LogP contribution in [0.15, 0.2) is 0 Å². The fourth-order valence-corrected chi connectivity index (χ4v) is 5.23. The van der Waals surface area contributed by atoms with Crippen molar-refractivity contribution >= 4 is 23.5 Å². The Morgan fingerprint density at radius 2 is 0.911 bits per heavy atom. The van der Waals surface area contributed by atoms with E-state index in [-0.39, 0.29) is 60.9 Å². The number of amides is 3. The molecule has 0 aliphatic carbocycles. The van der Waals surface area contributed by atoms with Gasteiger partial charge in [0.2, 0.25) is 17.7 Å². The smallest absolute Gasteiger partial charge is 0.222 e. The molecule has 0 saturated carbocycles. The van der Waals surface area contributed by atoms with E-state index in [2.05, 4.69) is 44.1 Å². The second-order valence-electron chi connectivity index (χ2n) is 11.8. The van der Waals surface area contributed by atoms with Gasteiger partial charge in [-0.15, -0.1) is 0 Å². The molecule has 0 aromatic rings. The summed E-state index contributed by atoms with van der Waals surface area (Å²) in [6.07, 6.45) is 10.8. The van der Waals surface area contributed by atoms with E-state index in [1.165, 1.54) is 6.92 Å². The molecule has 45 heavy (non-hydrogen) atoms. The summed E-state index contributed by atoms with van der Waals surface area (Å²) in [6.45, 7) is 10.4. The average molecular weight is 642 g/mol. The third-order valence-electron chi connectivity index (χ3n) is 7.80. The lowest BCUT2D eigenvalue weighted by Gasteiger charge is -2.23. The number of carbonyl (C=O) groups excluding carboxylic acids is 4. The second kappa shape index (κ2) is 31.9. The highest BCUT2D eigenvalue weighted by Crippen LogP contribution is 2.11. The van der Waals surface area contributed by atoms with Crippen LogP contribution in [0, 0.1) is 0 Å². The zero-order valence-electron chi connectivity index (χ0n) is 30.2. The highest BCUT2D eigenvalue weighted by Gasteiger charge is 2.22. The van der Waals surface area contributed by atoms with Crippen LogP contribution in [0.25, 0.3) is 0 Å². The molecular formula is C34H71N7O4. The van der Waals surface area contributed by atoms with Gasteiger partial charge in [-0.1, -0.05) is 40.0 Å². The van der Waals surface area contributed by atoms with Gasteiger partial charge in [0.1, 0.15) is 5.78 Å². The van der Waals surface area contributed by atoms with Crippen molar-refractivity contribution in [3.63, 3.8) is 0 Å². The van der Waals surface area contributed by atoms with Gasteiger partial charge in [-0.25, -0.2) is 0 Å². The number of hydrogen-bond acceptors (Lipinski definition) is 8. The van der Waals surface area contributed by atoms with Crippen molar-refractivity contribution in [2.45, 2.75) is 148 Å². The van der Waals surface area contributed by atoms with Gasteiger partial charge < -0.3 is 37.2 Å². The standard InChI is InChI=1S/C32H65N7O4.C2H6/c1-7-26(14-8-11-19-33-3)37-30(41)18-17-29(22-25(2)40)39-32(43)24-28(16-10-13-21-35-5)38-31(42)23-27(36-6)15-9-12-20-34-4;1-2/h26-29,33-36H,7-24H2,1-6H3,(H,37,41)(H,38,42)(H,39,43);1-2H3. The van der Waals surface area contributed by atoms with Crippen LogP contribution in [0.2, 0.25) is 0 Å². The monoisotopic (exact) mass is 642 g/mol. The zero-order chi connectivity index (χ0) is 34.3. The molecule has 0 bridgehead atoms. The zero-order valence-corrected chi connectivity index (χ0v) is 30.2. The van der Waals surface area contributed by atoms with Crippen molar-refractivity contribution < 1.29 is 19.2 Å². The summed E-state index contributed by atoms with van der Waals surface area (Å²) in [5.74, 6) is -0.360. The predicted molar refractivity (Wildman–Crippen MR) is 187 cm³/mol. The molecular weight excluding hydrogens is 570 g/mol. The van der Waals surface area contributed by atoms with Crippen LogP contribution in [-0.4, -0.2) is 95.5 Å². The Balaban J connectivity index is 0. The van der Waals surface area contributed by atoms with E-state index < -0.39 is 6.04 Å². The lowest BCUT2D eigenvalue weighted by molar-refractivity contribution is -0.126. The van der Waals surface area contributed by atoms with Crippen LogP contribution >= 0.6 is 0 Å². The van der Waals surface area contributed by atoms with Crippen LogP contribution in [0.5, 0.6) is 0 Å². The number of ketones is 1. The highest BCUT2D eigenvalue weighted by molar-refractivity contribution is 5.82. The van der Waals surface area contributed by atoms with Gasteiger partial charge in [-0.2, -0.15) is 0 Å². The van der Waals surface area contributed by atoms with Crippen LogP contribution < -0.4 is 37.2 Å². The molecule has 11 nitrogen and oxygen atoms in total. The molecule has 0 saturated heterocycles. The van der Waals surface area contributed by atoms with E-state index in [0.717, 1.165) is 77.4 Å². The molecule has 0 aromatic heterocycles. The minimum absolute atomic E-state index is 0.0357. The normalized spacial score (nSPS) is 13.5. The maximum atomic E-state index is 13.1. The Bertz CT molecular complexity index is 754.